The molecule has 38 heavy (non-hydrogen) atoms. The highest BCUT2D eigenvalue weighted by Crippen LogP contribution is 2.39. The molecule has 2 amide bonds. The molecule has 2 fully saturated rings. The number of amides is 2. The standard InChI is InChI=1S/C29H37N3O5S/c1-18-5-7-19(8-6-18)26(34)32(23-17-22(13-15-29(2,3)4)38-25(23)27(35)36)20-9-11-21(12-10-20)37-28-30-16-14-24(33)31-28/h16-21H,5-12,14H2,1-4H3,(H,35,36). The van der Waals surface area contributed by atoms with Crippen LogP contribution in [0.1, 0.15) is 100 Å². The van der Waals surface area contributed by atoms with Crippen molar-refractivity contribution in [2.24, 2.45) is 27.2 Å². The van der Waals surface area contributed by atoms with Crippen LogP contribution in [0, 0.1) is 29.1 Å². The number of hydrogen-bond donors (Lipinski definition) is 1. The Labute approximate surface area is 228 Å². The van der Waals surface area contributed by atoms with Crippen LogP contribution >= 0.6 is 11.3 Å². The van der Waals surface area contributed by atoms with Crippen molar-refractivity contribution in [2.45, 2.75) is 97.6 Å². The number of ether oxygens (including phenoxy) is 1. The van der Waals surface area contributed by atoms with Gasteiger partial charge in [0.15, 0.2) is 0 Å². The molecule has 3 aliphatic rings. The SMILES string of the molecule is CC1CCC(C(=O)N(c2cc(C#CC(C)(C)C)sc2C(=O)O)C2CCC(OC3=NC(=O)CC=N3)CC2)CC1. The number of thiophene rings is 1. The van der Waals surface area contributed by atoms with Crippen LogP contribution in [0.25, 0.3) is 0 Å². The van der Waals surface area contributed by atoms with Crippen molar-refractivity contribution in [1.82, 2.24) is 0 Å². The van der Waals surface area contributed by atoms with Gasteiger partial charge in [-0.15, -0.1) is 11.3 Å². The molecule has 1 aromatic heterocycles. The number of carbonyl (C=O) groups excluding carboxylic acids is 2. The highest BCUT2D eigenvalue weighted by Gasteiger charge is 2.38. The van der Waals surface area contributed by atoms with Crippen LogP contribution in [0.3, 0.4) is 0 Å². The maximum atomic E-state index is 14.0. The fraction of sp³-hybridized carbons (Fsp3) is 0.621. The number of anilines is 1. The highest BCUT2D eigenvalue weighted by molar-refractivity contribution is 7.15. The van der Waals surface area contributed by atoms with Gasteiger partial charge in [0.25, 0.3) is 5.91 Å². The lowest BCUT2D eigenvalue weighted by atomic mass is 9.81. The molecule has 0 spiro atoms. The van der Waals surface area contributed by atoms with E-state index in [1.165, 1.54) is 6.21 Å². The fourth-order valence-electron chi connectivity index (χ4n) is 5.23. The molecule has 9 heteroatoms. The lowest BCUT2D eigenvalue weighted by molar-refractivity contribution is -0.124. The quantitative estimate of drug-likeness (QED) is 0.484. The molecular formula is C29H37N3O5S. The van der Waals surface area contributed by atoms with Crippen molar-refractivity contribution in [3.63, 3.8) is 0 Å². The molecule has 8 nitrogen and oxygen atoms in total. The van der Waals surface area contributed by atoms with E-state index in [-0.39, 0.29) is 52.6 Å². The van der Waals surface area contributed by atoms with Gasteiger partial charge in [0.05, 0.1) is 17.0 Å². The van der Waals surface area contributed by atoms with E-state index in [0.717, 1.165) is 37.0 Å². The molecule has 204 valence electrons. The summed E-state index contributed by atoms with van der Waals surface area (Å²) in [6.45, 7) is 8.24. The topological polar surface area (TPSA) is 109 Å². The summed E-state index contributed by atoms with van der Waals surface area (Å²) in [5.74, 6) is 5.51. The van der Waals surface area contributed by atoms with E-state index in [9.17, 15) is 19.5 Å². The average molecular weight is 540 g/mol. The molecule has 4 rings (SSSR count). The minimum Gasteiger partial charge on any atom is -0.477 e. The number of rotatable bonds is 5. The van der Waals surface area contributed by atoms with Crippen LogP contribution in [0.2, 0.25) is 0 Å². The second-order valence-corrected chi connectivity index (χ2v) is 12.7. The first-order chi connectivity index (χ1) is 18.0. The van der Waals surface area contributed by atoms with Crippen molar-refractivity contribution in [3.8, 4) is 11.8 Å². The van der Waals surface area contributed by atoms with Gasteiger partial charge < -0.3 is 14.7 Å². The molecular weight excluding hydrogens is 502 g/mol. The molecule has 2 aliphatic carbocycles. The van der Waals surface area contributed by atoms with Crippen LogP contribution in [-0.2, 0) is 14.3 Å². The molecule has 0 unspecified atom stereocenters. The summed E-state index contributed by atoms with van der Waals surface area (Å²) >= 11 is 1.13. The third-order valence-electron chi connectivity index (χ3n) is 7.30. The van der Waals surface area contributed by atoms with Gasteiger partial charge in [-0.1, -0.05) is 18.8 Å². The van der Waals surface area contributed by atoms with E-state index in [1.54, 1.807) is 11.0 Å². The molecule has 0 radical (unpaired) electrons. The van der Waals surface area contributed by atoms with E-state index in [1.807, 2.05) is 20.8 Å². The zero-order valence-electron chi connectivity index (χ0n) is 22.7. The van der Waals surface area contributed by atoms with Crippen molar-refractivity contribution in [1.29, 1.82) is 0 Å². The Morgan fingerprint density at radius 2 is 1.79 bits per heavy atom. The highest BCUT2D eigenvalue weighted by atomic mass is 32.1. The monoisotopic (exact) mass is 539 g/mol. The zero-order chi connectivity index (χ0) is 27.4. The normalized spacial score (nSPS) is 25.7. The summed E-state index contributed by atoms with van der Waals surface area (Å²) in [4.78, 5) is 48.5. The number of amidine groups is 1. The molecule has 1 aromatic rings. The van der Waals surface area contributed by atoms with Crippen LogP contribution in [0.4, 0.5) is 5.69 Å². The van der Waals surface area contributed by atoms with Gasteiger partial charge in [-0.05, 0) is 84.1 Å². The van der Waals surface area contributed by atoms with Gasteiger partial charge in [-0.2, -0.15) is 4.99 Å². The Balaban J connectivity index is 1.60. The molecule has 1 aliphatic heterocycles. The van der Waals surface area contributed by atoms with Gasteiger partial charge in [-0.3, -0.25) is 9.59 Å². The number of carboxylic acids is 1. The van der Waals surface area contributed by atoms with Gasteiger partial charge >= 0.3 is 12.0 Å². The maximum absolute atomic E-state index is 14.0. The predicted octanol–water partition coefficient (Wildman–Crippen LogP) is 5.69. The summed E-state index contributed by atoms with van der Waals surface area (Å²) in [5.41, 5.74) is 0.234. The summed E-state index contributed by atoms with van der Waals surface area (Å²) in [6.07, 6.45) is 7.81. The van der Waals surface area contributed by atoms with Gasteiger partial charge in [-0.25, -0.2) is 9.79 Å². The Morgan fingerprint density at radius 1 is 1.11 bits per heavy atom. The van der Waals surface area contributed by atoms with Crippen LogP contribution in [0.15, 0.2) is 16.1 Å². The number of hydrogen-bond acceptors (Lipinski definition) is 6. The summed E-state index contributed by atoms with van der Waals surface area (Å²) in [7, 11) is 0. The molecule has 0 bridgehead atoms. The smallest absolute Gasteiger partial charge is 0.348 e. The Hall–Kier alpha value is -2.99. The maximum Gasteiger partial charge on any atom is 0.348 e. The predicted molar refractivity (Wildman–Crippen MR) is 149 cm³/mol. The Morgan fingerprint density at radius 3 is 2.39 bits per heavy atom. The molecule has 0 saturated heterocycles. The second kappa shape index (κ2) is 11.8. The van der Waals surface area contributed by atoms with Crippen molar-refractivity contribution in [3.05, 3.63) is 15.8 Å². The van der Waals surface area contributed by atoms with Gasteiger partial charge in [0, 0.05) is 23.6 Å². The Bertz CT molecular complexity index is 1180. The van der Waals surface area contributed by atoms with Gasteiger partial charge in [0.2, 0.25) is 5.91 Å². The first-order valence-electron chi connectivity index (χ1n) is 13.5. The number of carbonyl (C=O) groups is 3. The minimum atomic E-state index is -1.04. The van der Waals surface area contributed by atoms with Crippen molar-refractivity contribution < 1.29 is 24.2 Å². The zero-order valence-corrected chi connectivity index (χ0v) is 23.5. The number of nitrogens with zero attached hydrogens (tertiary/aromatic N) is 3. The largest absolute Gasteiger partial charge is 0.477 e. The summed E-state index contributed by atoms with van der Waals surface area (Å²) in [6, 6.07) is 1.74. The molecule has 2 saturated carbocycles. The van der Waals surface area contributed by atoms with Gasteiger partial charge in [0.1, 0.15) is 11.0 Å². The van der Waals surface area contributed by atoms with E-state index in [4.69, 9.17) is 4.74 Å². The lowest BCUT2D eigenvalue weighted by Crippen LogP contribution is -2.47. The number of aromatic carboxylic acids is 1. The van der Waals surface area contributed by atoms with E-state index < -0.39 is 5.97 Å². The lowest BCUT2D eigenvalue weighted by Gasteiger charge is -2.39. The molecule has 0 atom stereocenters. The van der Waals surface area contributed by atoms with E-state index >= 15 is 0 Å². The van der Waals surface area contributed by atoms with Crippen LogP contribution in [-0.4, -0.2) is 47.3 Å². The minimum absolute atomic E-state index is 0.0174. The van der Waals surface area contributed by atoms with E-state index in [0.29, 0.717) is 42.2 Å². The van der Waals surface area contributed by atoms with Crippen molar-refractivity contribution in [2.75, 3.05) is 4.90 Å². The number of carboxylic acid groups (broad SMARTS) is 1. The second-order valence-electron chi connectivity index (χ2n) is 11.6. The summed E-state index contributed by atoms with van der Waals surface area (Å²) in [5, 5.41) is 10.1. The van der Waals surface area contributed by atoms with Crippen LogP contribution in [0.5, 0.6) is 0 Å². The molecule has 1 N–H and O–H groups in total. The first kappa shape index (κ1) is 28.0. The third-order valence-corrected chi connectivity index (χ3v) is 8.33. The van der Waals surface area contributed by atoms with Crippen molar-refractivity contribution >= 4 is 47.0 Å². The third kappa shape index (κ3) is 7.10. The Kier molecular flexibility index (Phi) is 8.71. The van der Waals surface area contributed by atoms with E-state index in [2.05, 4.69) is 28.7 Å². The first-order valence-corrected chi connectivity index (χ1v) is 14.4. The fourth-order valence-corrected chi connectivity index (χ4v) is 6.08. The molecule has 2 heterocycles. The molecule has 0 aromatic carbocycles. The van der Waals surface area contributed by atoms with Crippen LogP contribution < -0.4 is 4.90 Å². The number of aliphatic imine (C=N–C) groups is 2. The summed E-state index contributed by atoms with van der Waals surface area (Å²) < 4.78 is 5.87. The average Bonchev–Trinajstić information content (AvgIpc) is 3.28.